The van der Waals surface area contributed by atoms with Crippen molar-refractivity contribution in [1.82, 2.24) is 9.55 Å². The maximum absolute atomic E-state index is 14.2. The first kappa shape index (κ1) is 21.3. The number of benzene rings is 2. The van der Waals surface area contributed by atoms with Crippen molar-refractivity contribution in [2.24, 2.45) is 0 Å². The third kappa shape index (κ3) is 3.97. The summed E-state index contributed by atoms with van der Waals surface area (Å²) in [5, 5.41) is 2.58. The smallest absolute Gasteiger partial charge is 0.334 e. The molecule has 0 atom stereocenters. The van der Waals surface area contributed by atoms with Crippen molar-refractivity contribution in [3.63, 3.8) is 0 Å². The van der Waals surface area contributed by atoms with Crippen LogP contribution in [0, 0.1) is 12.1 Å². The van der Waals surface area contributed by atoms with E-state index in [0.29, 0.717) is 16.9 Å². The minimum absolute atomic E-state index is 0.102. The lowest BCUT2D eigenvalue weighted by Gasteiger charge is -2.20. The van der Waals surface area contributed by atoms with E-state index in [1.54, 1.807) is 78.9 Å². The van der Waals surface area contributed by atoms with Gasteiger partial charge in [0.1, 0.15) is 5.82 Å². The number of para-hydroxylation sites is 1. The summed E-state index contributed by atoms with van der Waals surface area (Å²) >= 11 is 0. The van der Waals surface area contributed by atoms with Gasteiger partial charge >= 0.3 is 6.18 Å². The molecule has 0 aliphatic carbocycles. The summed E-state index contributed by atoms with van der Waals surface area (Å²) in [6.45, 7) is 0. The van der Waals surface area contributed by atoms with Gasteiger partial charge in [-0.05, 0) is 36.4 Å². The molecule has 1 N–H and O–H groups in total. The van der Waals surface area contributed by atoms with E-state index in [4.69, 9.17) is 0 Å². The molecule has 166 valence electrons. The summed E-state index contributed by atoms with van der Waals surface area (Å²) in [5.74, 6) is 0.255. The first-order valence-corrected chi connectivity index (χ1v) is 10.4. The van der Waals surface area contributed by atoms with Gasteiger partial charge in [0.05, 0.1) is 22.3 Å². The molecule has 0 unspecified atom stereocenters. The van der Waals surface area contributed by atoms with Gasteiger partial charge in [-0.3, -0.25) is 9.36 Å². The number of hydrogen-bond donors (Lipinski definition) is 1. The molecular formula is C27H16F3N3O. The van der Waals surface area contributed by atoms with E-state index in [1.165, 1.54) is 4.57 Å². The molecule has 34 heavy (non-hydrogen) atoms. The van der Waals surface area contributed by atoms with Crippen molar-refractivity contribution >= 4 is 22.5 Å². The van der Waals surface area contributed by atoms with E-state index in [0.717, 1.165) is 12.1 Å². The van der Waals surface area contributed by atoms with E-state index >= 15 is 0 Å². The summed E-state index contributed by atoms with van der Waals surface area (Å²) in [6.07, 6.45) is -4.75. The van der Waals surface area contributed by atoms with Gasteiger partial charge in [-0.2, -0.15) is 13.2 Å². The molecule has 0 saturated heterocycles. The maximum Gasteiger partial charge on any atom is 0.417 e. The average molecular weight is 455 g/mol. The molecule has 0 bridgehead atoms. The van der Waals surface area contributed by atoms with Gasteiger partial charge in [0.2, 0.25) is 0 Å². The Labute approximate surface area is 193 Å². The van der Waals surface area contributed by atoms with Crippen LogP contribution in [0.25, 0.3) is 28.0 Å². The van der Waals surface area contributed by atoms with E-state index in [1.807, 2.05) is 0 Å². The van der Waals surface area contributed by atoms with Gasteiger partial charge in [0.25, 0.3) is 0 Å². The molecule has 0 saturated carbocycles. The summed E-state index contributed by atoms with van der Waals surface area (Å²) in [7, 11) is 0. The number of aromatic nitrogens is 2. The van der Waals surface area contributed by atoms with Crippen molar-refractivity contribution in [2.75, 3.05) is 5.32 Å². The largest absolute Gasteiger partial charge is 0.417 e. The van der Waals surface area contributed by atoms with Gasteiger partial charge in [-0.15, -0.1) is 0 Å². The molecule has 0 aliphatic heterocycles. The molecule has 2 heterocycles. The molecular weight excluding hydrogens is 439 g/mol. The zero-order chi connectivity index (χ0) is 23.7. The normalized spacial score (nSPS) is 11.3. The van der Waals surface area contributed by atoms with Crippen molar-refractivity contribution in [3.05, 3.63) is 119 Å². The summed E-state index contributed by atoms with van der Waals surface area (Å²) < 4.78 is 44.0. The van der Waals surface area contributed by atoms with Crippen LogP contribution in [0.3, 0.4) is 0 Å². The number of anilines is 2. The number of halogens is 3. The zero-order valence-electron chi connectivity index (χ0n) is 17.6. The highest BCUT2D eigenvalue weighted by atomic mass is 19.4. The molecule has 4 nitrogen and oxygen atoms in total. The average Bonchev–Trinajstić information content (AvgIpc) is 2.84. The molecule has 0 radical (unpaired) electrons. The number of alkyl halides is 3. The Morgan fingerprint density at radius 3 is 2.24 bits per heavy atom. The monoisotopic (exact) mass is 455 g/mol. The Kier molecular flexibility index (Phi) is 5.27. The van der Waals surface area contributed by atoms with Gasteiger partial charge in [0, 0.05) is 17.3 Å². The van der Waals surface area contributed by atoms with Crippen LogP contribution in [0.15, 0.2) is 95.8 Å². The Hall–Kier alpha value is -4.57. The van der Waals surface area contributed by atoms with E-state index in [2.05, 4.69) is 22.4 Å². The number of pyridine rings is 2. The highest BCUT2D eigenvalue weighted by molar-refractivity contribution is 5.87. The highest BCUT2D eigenvalue weighted by Crippen LogP contribution is 2.37. The van der Waals surface area contributed by atoms with Crippen molar-refractivity contribution < 1.29 is 13.2 Å². The van der Waals surface area contributed by atoms with Crippen molar-refractivity contribution in [1.29, 1.82) is 0 Å². The fourth-order valence-electron chi connectivity index (χ4n) is 3.79. The first-order chi connectivity index (χ1) is 16.4. The topological polar surface area (TPSA) is 46.9 Å². The lowest BCUT2D eigenvalue weighted by atomic mass is 10.0. The standard InChI is InChI=1S/C27H16F3N3O/c28-27(29,30)21-16-22(18-10-4-1-5-11-18)32-26-25(21)23(34)17-24(31-19-12-6-2-7-13-19)33(26)20-14-8-3-9-15-20/h1-6,8-12,14-17,31H. The lowest BCUT2D eigenvalue weighted by molar-refractivity contribution is -0.136. The number of nitrogens with one attached hydrogen (secondary N) is 1. The third-order valence-corrected chi connectivity index (χ3v) is 5.27. The van der Waals surface area contributed by atoms with Crippen molar-refractivity contribution in [3.8, 4) is 16.9 Å². The second-order valence-corrected chi connectivity index (χ2v) is 7.52. The number of hydrogen-bond acceptors (Lipinski definition) is 3. The van der Waals surface area contributed by atoms with Gasteiger partial charge in [0.15, 0.2) is 11.1 Å². The van der Waals surface area contributed by atoms with Crippen LogP contribution in [0.1, 0.15) is 5.56 Å². The maximum atomic E-state index is 14.2. The Balaban J connectivity index is 1.90. The SMILES string of the molecule is O=c1cc(Nc2c#cccc2)n(-c2ccccc2)c2nc(-c3ccccc3)cc(C(F)(F)F)c12. The molecule has 0 amide bonds. The third-order valence-electron chi connectivity index (χ3n) is 5.27. The first-order valence-electron chi connectivity index (χ1n) is 10.4. The summed E-state index contributed by atoms with van der Waals surface area (Å²) in [4.78, 5) is 17.6. The van der Waals surface area contributed by atoms with Crippen LogP contribution in [0.4, 0.5) is 24.7 Å². The van der Waals surface area contributed by atoms with Crippen LogP contribution in [0.2, 0.25) is 0 Å². The second kappa shape index (κ2) is 8.41. The van der Waals surface area contributed by atoms with Crippen LogP contribution in [0.5, 0.6) is 0 Å². The molecule has 5 aromatic rings. The second-order valence-electron chi connectivity index (χ2n) is 7.52. The summed E-state index contributed by atoms with van der Waals surface area (Å²) in [5.41, 5.74) is -0.259. The Morgan fingerprint density at radius 1 is 0.882 bits per heavy atom. The molecule has 2 aromatic heterocycles. The fourth-order valence-corrected chi connectivity index (χ4v) is 3.79. The van der Waals surface area contributed by atoms with Gasteiger partial charge < -0.3 is 5.32 Å². The predicted molar refractivity (Wildman–Crippen MR) is 125 cm³/mol. The summed E-state index contributed by atoms with van der Waals surface area (Å²) in [6, 6.07) is 30.2. The van der Waals surface area contributed by atoms with E-state index in [-0.39, 0.29) is 17.2 Å². The van der Waals surface area contributed by atoms with Crippen LogP contribution < -0.4 is 10.7 Å². The number of fused-ring (bicyclic) bond motifs is 1. The molecule has 7 heteroatoms. The van der Waals surface area contributed by atoms with Crippen LogP contribution in [-0.2, 0) is 6.18 Å². The molecule has 0 fully saturated rings. The van der Waals surface area contributed by atoms with Gasteiger partial charge in [-0.1, -0.05) is 60.7 Å². The quantitative estimate of drug-likeness (QED) is 0.340. The fraction of sp³-hybridized carbons (Fsp3) is 0.0370. The molecule has 5 rings (SSSR count). The van der Waals surface area contributed by atoms with Crippen LogP contribution >= 0.6 is 0 Å². The zero-order valence-corrected chi connectivity index (χ0v) is 17.6. The van der Waals surface area contributed by atoms with Crippen LogP contribution in [-0.4, -0.2) is 9.55 Å². The molecule has 0 aliphatic rings. The van der Waals surface area contributed by atoms with E-state index < -0.39 is 22.6 Å². The van der Waals surface area contributed by atoms with Gasteiger partial charge in [-0.25, -0.2) is 4.98 Å². The highest BCUT2D eigenvalue weighted by Gasteiger charge is 2.35. The Morgan fingerprint density at radius 2 is 1.59 bits per heavy atom. The Bertz CT molecular complexity index is 1510. The molecule has 3 aromatic carbocycles. The minimum atomic E-state index is -4.75. The number of rotatable bonds is 4. The van der Waals surface area contributed by atoms with Crippen molar-refractivity contribution in [2.45, 2.75) is 6.18 Å². The lowest BCUT2D eigenvalue weighted by Crippen LogP contribution is -2.18. The molecule has 0 spiro atoms. The van der Waals surface area contributed by atoms with E-state index in [9.17, 15) is 18.0 Å². The minimum Gasteiger partial charge on any atom is -0.334 e. The predicted octanol–water partition coefficient (Wildman–Crippen LogP) is 6.42. The number of nitrogens with zero attached hydrogens (tertiary/aromatic N) is 2.